The number of Topliss-reactive ketones (excluding diaryl/α,β-unsaturated/α-hetero) is 1. The number of hydrogen-bond donors (Lipinski definition) is 0. The molecule has 13 nitrogen and oxygen atoms in total. The van der Waals surface area contributed by atoms with Crippen molar-refractivity contribution in [1.29, 1.82) is 0 Å². The summed E-state index contributed by atoms with van der Waals surface area (Å²) in [6.07, 6.45) is -3.80. The van der Waals surface area contributed by atoms with Gasteiger partial charge in [-0.2, -0.15) is 0 Å². The van der Waals surface area contributed by atoms with E-state index in [0.717, 1.165) is 15.8 Å². The van der Waals surface area contributed by atoms with E-state index < -0.39 is 69.3 Å². The van der Waals surface area contributed by atoms with Crippen LogP contribution in [0.15, 0.2) is 70.4 Å². The lowest BCUT2D eigenvalue weighted by Crippen LogP contribution is -2.57. The predicted octanol–water partition coefficient (Wildman–Crippen LogP) is 7.38. The minimum Gasteiger partial charge on any atom is -0.497 e. The molecule has 0 spiro atoms. The normalized spacial score (nSPS) is 20.7. The first-order valence-electron chi connectivity index (χ1n) is 20.5. The van der Waals surface area contributed by atoms with Crippen LogP contribution in [0.1, 0.15) is 78.7 Å². The van der Waals surface area contributed by atoms with Crippen LogP contribution in [0.3, 0.4) is 0 Å². The monoisotopic (exact) mass is 927 g/mol. The summed E-state index contributed by atoms with van der Waals surface area (Å²) in [5.74, 6) is -0.602. The number of aromatic nitrogens is 2. The quantitative estimate of drug-likeness (QED) is 0.0861. The summed E-state index contributed by atoms with van der Waals surface area (Å²) in [4.78, 5) is 69.0. The van der Waals surface area contributed by atoms with Crippen molar-refractivity contribution in [3.8, 4) is 5.75 Å². The van der Waals surface area contributed by atoms with Crippen molar-refractivity contribution in [3.05, 3.63) is 92.8 Å². The molecule has 0 bridgehead atoms. The molecular weight excluding hydrogens is 867 g/mol. The summed E-state index contributed by atoms with van der Waals surface area (Å²) < 4.78 is 35.7. The van der Waals surface area contributed by atoms with E-state index in [0.29, 0.717) is 24.3 Å². The largest absolute Gasteiger partial charge is 0.497 e. The Labute approximate surface area is 364 Å². The number of esters is 1. The highest BCUT2D eigenvalue weighted by Crippen LogP contribution is 2.47. The van der Waals surface area contributed by atoms with Crippen LogP contribution in [0.4, 0.5) is 5.69 Å². The van der Waals surface area contributed by atoms with Crippen molar-refractivity contribution in [2.45, 2.75) is 146 Å². The first-order valence-corrected chi connectivity index (χ1v) is 27.3. The van der Waals surface area contributed by atoms with Gasteiger partial charge in [-0.15, -0.1) is 0 Å². The van der Waals surface area contributed by atoms with Crippen LogP contribution in [0.2, 0.25) is 36.3 Å². The maximum Gasteiger partial charge on any atom is 0.333 e. The van der Waals surface area contributed by atoms with Crippen LogP contribution in [-0.2, 0) is 45.7 Å². The number of halogens is 1. The summed E-state index contributed by atoms with van der Waals surface area (Å²) in [6, 6.07) is 16.1. The van der Waals surface area contributed by atoms with Gasteiger partial charge >= 0.3 is 11.7 Å². The van der Waals surface area contributed by atoms with Gasteiger partial charge in [-0.1, -0.05) is 87.8 Å². The van der Waals surface area contributed by atoms with Gasteiger partial charge in [-0.05, 0) is 78.9 Å². The summed E-state index contributed by atoms with van der Waals surface area (Å²) in [5.41, 5.74) is 1.33. The number of ether oxygens (including phenoxy) is 3. The van der Waals surface area contributed by atoms with Crippen molar-refractivity contribution in [2.24, 2.45) is 0 Å². The predicted molar refractivity (Wildman–Crippen MR) is 240 cm³/mol. The van der Waals surface area contributed by atoms with E-state index in [4.69, 9.17) is 23.1 Å². The van der Waals surface area contributed by atoms with E-state index in [9.17, 15) is 24.0 Å². The number of carbonyl (C=O) groups excluding carboxylic acids is 3. The maximum atomic E-state index is 14.7. The Hall–Kier alpha value is -3.68. The smallest absolute Gasteiger partial charge is 0.333 e. The third-order valence-corrected chi connectivity index (χ3v) is 22.4. The lowest BCUT2D eigenvalue weighted by atomic mass is 10.0. The Morgan fingerprint density at radius 3 is 2.05 bits per heavy atom. The Morgan fingerprint density at radius 1 is 0.867 bits per heavy atom. The highest BCUT2D eigenvalue weighted by Gasteiger charge is 2.59. The molecule has 1 amide bonds. The molecule has 6 atom stereocenters. The fourth-order valence-corrected chi connectivity index (χ4v) is 10.1. The number of methoxy groups -OCH3 is 1. The zero-order valence-electron chi connectivity index (χ0n) is 37.1. The molecule has 0 radical (unpaired) electrons. The van der Waals surface area contributed by atoms with E-state index in [1.165, 1.54) is 23.8 Å². The number of ketones is 1. The Kier molecular flexibility index (Phi) is 14.5. The highest BCUT2D eigenvalue weighted by atomic mass is 79.9. The first kappa shape index (κ1) is 47.4. The van der Waals surface area contributed by atoms with Gasteiger partial charge in [0.25, 0.3) is 5.56 Å². The number of fused-ring (bicyclic) bond motifs is 1. The molecule has 2 aliphatic heterocycles. The number of carbonyl (C=O) groups is 3. The molecule has 5 rings (SSSR count). The number of hydrogen-bond acceptors (Lipinski definition) is 10. The fourth-order valence-electron chi connectivity index (χ4n) is 6.87. The second-order valence-electron chi connectivity index (χ2n) is 18.9. The highest BCUT2D eigenvalue weighted by molar-refractivity contribution is 9.10. The second kappa shape index (κ2) is 18.4. The molecular formula is C44H62BrN3O10Si2. The van der Waals surface area contributed by atoms with Gasteiger partial charge in [0.15, 0.2) is 29.0 Å². The van der Waals surface area contributed by atoms with Crippen LogP contribution in [0, 0.1) is 0 Å². The molecule has 2 aliphatic rings. The molecule has 0 aliphatic carbocycles. The lowest BCUT2D eigenvalue weighted by Gasteiger charge is -2.44. The summed E-state index contributed by atoms with van der Waals surface area (Å²) in [6.45, 7) is 22.8. The lowest BCUT2D eigenvalue weighted by molar-refractivity contribution is -0.163. The van der Waals surface area contributed by atoms with E-state index in [2.05, 4.69) is 83.7 Å². The Morgan fingerprint density at radius 2 is 1.47 bits per heavy atom. The SMILES string of the molecule is COc1ccc(Cn2c(=O)ccn([C@@H]3O[C@H]([C@@H](OC(=O)CCC(C)=O)[C@@H](Br)C(=O)N4CCc5ccccc54)[C@@H](O[Si](C)(C)C(C)(C)C)[C@H]3O[Si](C)(C)C(C)(C)C)c2=O)cc1. The minimum atomic E-state index is -2.74. The van der Waals surface area contributed by atoms with Crippen molar-refractivity contribution in [2.75, 3.05) is 18.6 Å². The Bertz CT molecular complexity index is 2160. The first-order chi connectivity index (χ1) is 27.9. The molecule has 3 heterocycles. The molecule has 0 unspecified atom stereocenters. The van der Waals surface area contributed by atoms with Gasteiger partial charge in [0.2, 0.25) is 5.91 Å². The summed E-state index contributed by atoms with van der Waals surface area (Å²) >= 11 is 3.69. The van der Waals surface area contributed by atoms with E-state index in [1.807, 2.05) is 24.3 Å². The van der Waals surface area contributed by atoms with Gasteiger partial charge in [0.05, 0.1) is 20.1 Å². The van der Waals surface area contributed by atoms with Gasteiger partial charge in [0.1, 0.15) is 34.7 Å². The third-order valence-electron chi connectivity index (χ3n) is 12.5. The van der Waals surface area contributed by atoms with Crippen LogP contribution >= 0.6 is 15.9 Å². The molecule has 3 aromatic rings. The number of rotatable bonds is 15. The van der Waals surface area contributed by atoms with E-state index in [1.54, 1.807) is 36.3 Å². The van der Waals surface area contributed by atoms with Gasteiger partial charge in [-0.25, -0.2) is 4.79 Å². The number of benzene rings is 2. The number of nitrogens with zero attached hydrogens (tertiary/aromatic N) is 3. The topological polar surface area (TPSA) is 145 Å². The Balaban J connectivity index is 1.70. The van der Waals surface area contributed by atoms with Crippen LogP contribution in [0.25, 0.3) is 0 Å². The number of alkyl halides is 1. The van der Waals surface area contributed by atoms with Crippen molar-refractivity contribution >= 4 is 55.9 Å². The zero-order valence-corrected chi connectivity index (χ0v) is 40.7. The van der Waals surface area contributed by atoms with Crippen LogP contribution in [0.5, 0.6) is 5.75 Å². The summed E-state index contributed by atoms with van der Waals surface area (Å²) in [7, 11) is -3.90. The molecule has 1 aromatic heterocycles. The fraction of sp³-hybridized carbons (Fsp3) is 0.568. The third kappa shape index (κ3) is 10.3. The van der Waals surface area contributed by atoms with Crippen molar-refractivity contribution in [1.82, 2.24) is 9.13 Å². The van der Waals surface area contributed by atoms with E-state index >= 15 is 0 Å². The average molecular weight is 929 g/mol. The van der Waals surface area contributed by atoms with Gasteiger partial charge < -0.3 is 32.8 Å². The van der Waals surface area contributed by atoms with Crippen LogP contribution < -0.4 is 20.9 Å². The van der Waals surface area contributed by atoms with E-state index in [-0.39, 0.29) is 41.2 Å². The van der Waals surface area contributed by atoms with Crippen molar-refractivity contribution < 1.29 is 37.4 Å². The van der Waals surface area contributed by atoms with Crippen LogP contribution in [-0.4, -0.2) is 86.3 Å². The second-order valence-corrected chi connectivity index (χ2v) is 29.4. The number of amides is 1. The average Bonchev–Trinajstić information content (AvgIpc) is 3.74. The van der Waals surface area contributed by atoms with Crippen molar-refractivity contribution in [3.63, 3.8) is 0 Å². The molecule has 1 saturated heterocycles. The molecule has 60 heavy (non-hydrogen) atoms. The molecule has 1 fully saturated rings. The summed E-state index contributed by atoms with van der Waals surface area (Å²) in [5, 5.41) is -0.610. The van der Waals surface area contributed by atoms with Gasteiger partial charge in [-0.3, -0.25) is 23.5 Å². The molecule has 0 saturated carbocycles. The molecule has 328 valence electrons. The number of para-hydroxylation sites is 1. The standard InChI is InChI=1S/C44H62BrN3O10Si2/c1-28(49)17-22-34(51)55-36(35(45)40(52)46-25-23-30-15-13-14-16-32(30)46)37-38(57-59(9,10)43(2,3)4)39(58-60(11,12)44(5,6)7)41(56-37)47-26-24-33(50)48(42(47)53)27-29-18-20-31(54-8)21-19-29/h13-16,18-21,24,26,35-39,41H,17,22-23,25,27H2,1-12H3/t35-,36+,37-,38-,39-,41-/m1/s1. The molecule has 16 heteroatoms. The molecule has 0 N–H and O–H groups in total. The minimum absolute atomic E-state index is 0.0258. The maximum absolute atomic E-state index is 14.7. The van der Waals surface area contributed by atoms with Gasteiger partial charge in [0, 0.05) is 30.9 Å². The molecule has 2 aromatic carbocycles. The zero-order chi connectivity index (χ0) is 44.5. The number of anilines is 1.